The summed E-state index contributed by atoms with van der Waals surface area (Å²) in [6, 6.07) is 11.1. The molecule has 3 rings (SSSR count). The number of amides is 1. The number of likely N-dealkylation sites (tertiary alicyclic amines) is 1. The Morgan fingerprint density at radius 3 is 2.64 bits per heavy atom. The van der Waals surface area contributed by atoms with Crippen LogP contribution in [0.3, 0.4) is 0 Å². The third kappa shape index (κ3) is 3.44. The summed E-state index contributed by atoms with van der Waals surface area (Å²) in [6.45, 7) is 1.37. The van der Waals surface area contributed by atoms with Crippen LogP contribution in [0.2, 0.25) is 0 Å². The number of aromatic nitrogens is 2. The molecule has 0 bridgehead atoms. The van der Waals surface area contributed by atoms with Gasteiger partial charge in [0, 0.05) is 42.7 Å². The Balaban J connectivity index is 1.58. The maximum atomic E-state index is 12.5. The van der Waals surface area contributed by atoms with Gasteiger partial charge in [-0.2, -0.15) is 5.10 Å². The molecule has 0 radical (unpaired) electrons. The second-order valence-electron chi connectivity index (χ2n) is 5.15. The van der Waals surface area contributed by atoms with E-state index in [4.69, 9.17) is 4.74 Å². The van der Waals surface area contributed by atoms with Crippen molar-refractivity contribution in [3.8, 4) is 5.88 Å². The molecule has 0 aliphatic carbocycles. The highest BCUT2D eigenvalue weighted by molar-refractivity contribution is 9.10. The van der Waals surface area contributed by atoms with E-state index in [9.17, 15) is 4.79 Å². The van der Waals surface area contributed by atoms with Gasteiger partial charge in [-0.1, -0.05) is 12.1 Å². The van der Waals surface area contributed by atoms with Crippen LogP contribution in [0, 0.1) is 0 Å². The minimum Gasteiger partial charge on any atom is -0.473 e. The molecule has 1 saturated heterocycles. The molecule has 6 heteroatoms. The minimum atomic E-state index is 0.0606. The Morgan fingerprint density at radius 2 is 1.95 bits per heavy atom. The smallest absolute Gasteiger partial charge is 0.255 e. The zero-order chi connectivity index (χ0) is 15.4. The maximum absolute atomic E-state index is 12.5. The van der Waals surface area contributed by atoms with Crippen LogP contribution in [-0.2, 0) is 0 Å². The van der Waals surface area contributed by atoms with E-state index in [0.717, 1.165) is 17.3 Å². The van der Waals surface area contributed by atoms with Gasteiger partial charge in [-0.3, -0.25) is 4.79 Å². The number of piperidine rings is 1. The molecule has 114 valence electrons. The zero-order valence-electron chi connectivity index (χ0n) is 12.0. The van der Waals surface area contributed by atoms with Crippen molar-refractivity contribution in [1.29, 1.82) is 0 Å². The van der Waals surface area contributed by atoms with Crippen LogP contribution in [0.4, 0.5) is 0 Å². The van der Waals surface area contributed by atoms with Crippen LogP contribution in [0.15, 0.2) is 47.1 Å². The Labute approximate surface area is 137 Å². The molecule has 1 amide bonds. The number of rotatable bonds is 3. The summed E-state index contributed by atoms with van der Waals surface area (Å²) in [7, 11) is 0. The number of carbonyl (C=O) groups excluding carboxylic acids is 1. The normalized spacial score (nSPS) is 15.6. The zero-order valence-corrected chi connectivity index (χ0v) is 13.6. The first-order valence-electron chi connectivity index (χ1n) is 7.22. The molecule has 1 fully saturated rings. The topological polar surface area (TPSA) is 55.3 Å². The Kier molecular flexibility index (Phi) is 4.68. The van der Waals surface area contributed by atoms with E-state index in [1.54, 1.807) is 18.3 Å². The molecule has 1 aromatic heterocycles. The van der Waals surface area contributed by atoms with Crippen molar-refractivity contribution in [2.24, 2.45) is 0 Å². The van der Waals surface area contributed by atoms with Crippen LogP contribution >= 0.6 is 15.9 Å². The molecule has 0 spiro atoms. The maximum Gasteiger partial charge on any atom is 0.255 e. The number of carbonyl (C=O) groups is 1. The van der Waals surface area contributed by atoms with Crippen molar-refractivity contribution in [3.63, 3.8) is 0 Å². The molecule has 1 aromatic carbocycles. The van der Waals surface area contributed by atoms with Crippen LogP contribution in [0.25, 0.3) is 0 Å². The van der Waals surface area contributed by atoms with Gasteiger partial charge >= 0.3 is 0 Å². The van der Waals surface area contributed by atoms with Crippen molar-refractivity contribution >= 4 is 21.8 Å². The Bertz CT molecular complexity index is 643. The van der Waals surface area contributed by atoms with Crippen molar-refractivity contribution < 1.29 is 9.53 Å². The number of nitrogens with zero attached hydrogens (tertiary/aromatic N) is 3. The Hall–Kier alpha value is -1.95. The van der Waals surface area contributed by atoms with Crippen LogP contribution in [0.5, 0.6) is 5.88 Å². The lowest BCUT2D eigenvalue weighted by molar-refractivity contribution is 0.0585. The van der Waals surface area contributed by atoms with E-state index in [-0.39, 0.29) is 12.0 Å². The summed E-state index contributed by atoms with van der Waals surface area (Å²) in [5.41, 5.74) is 0.704. The molecule has 1 aliphatic rings. The largest absolute Gasteiger partial charge is 0.473 e. The highest BCUT2D eigenvalue weighted by Crippen LogP contribution is 2.22. The van der Waals surface area contributed by atoms with Crippen molar-refractivity contribution in [1.82, 2.24) is 15.1 Å². The SMILES string of the molecule is O=C(c1ccccc1Br)N1CCC(Oc2cccnn2)CC1. The summed E-state index contributed by atoms with van der Waals surface area (Å²) < 4.78 is 6.62. The Morgan fingerprint density at radius 1 is 1.18 bits per heavy atom. The molecule has 2 heterocycles. The van der Waals surface area contributed by atoms with Crippen molar-refractivity contribution in [3.05, 3.63) is 52.6 Å². The highest BCUT2D eigenvalue weighted by atomic mass is 79.9. The average molecular weight is 362 g/mol. The fourth-order valence-electron chi connectivity index (χ4n) is 2.50. The van der Waals surface area contributed by atoms with Gasteiger partial charge in [0.05, 0.1) is 5.56 Å². The predicted octanol–water partition coefficient (Wildman–Crippen LogP) is 2.92. The van der Waals surface area contributed by atoms with Gasteiger partial charge < -0.3 is 9.64 Å². The standard InChI is InChI=1S/C16H16BrN3O2/c17-14-5-2-1-4-13(14)16(21)20-10-7-12(8-11-20)22-15-6-3-9-18-19-15/h1-6,9,12H,7-8,10-11H2. The molecule has 0 unspecified atom stereocenters. The van der Waals surface area contributed by atoms with Crippen molar-refractivity contribution in [2.75, 3.05) is 13.1 Å². The van der Waals surface area contributed by atoms with Gasteiger partial charge in [-0.25, -0.2) is 0 Å². The molecular weight excluding hydrogens is 346 g/mol. The molecule has 2 aromatic rings. The van der Waals surface area contributed by atoms with E-state index in [1.165, 1.54) is 0 Å². The lowest BCUT2D eigenvalue weighted by Crippen LogP contribution is -2.42. The number of hydrogen-bond donors (Lipinski definition) is 0. The van der Waals surface area contributed by atoms with E-state index in [0.29, 0.717) is 24.5 Å². The van der Waals surface area contributed by atoms with E-state index >= 15 is 0 Å². The molecule has 22 heavy (non-hydrogen) atoms. The second-order valence-corrected chi connectivity index (χ2v) is 6.01. The van der Waals surface area contributed by atoms with Crippen LogP contribution in [-0.4, -0.2) is 40.2 Å². The molecule has 0 N–H and O–H groups in total. The van der Waals surface area contributed by atoms with Gasteiger partial charge in [0.15, 0.2) is 0 Å². The first kappa shape index (κ1) is 15.0. The lowest BCUT2D eigenvalue weighted by atomic mass is 10.1. The van der Waals surface area contributed by atoms with Gasteiger partial charge in [-0.05, 0) is 34.1 Å². The number of hydrogen-bond acceptors (Lipinski definition) is 4. The molecule has 0 atom stereocenters. The van der Waals surface area contributed by atoms with E-state index < -0.39 is 0 Å². The molecular formula is C16H16BrN3O2. The monoisotopic (exact) mass is 361 g/mol. The minimum absolute atomic E-state index is 0.0606. The second kappa shape index (κ2) is 6.87. The van der Waals surface area contributed by atoms with Crippen LogP contribution in [0.1, 0.15) is 23.2 Å². The quantitative estimate of drug-likeness (QED) is 0.843. The fourth-order valence-corrected chi connectivity index (χ4v) is 2.96. The van der Waals surface area contributed by atoms with E-state index in [1.807, 2.05) is 29.2 Å². The first-order valence-corrected chi connectivity index (χ1v) is 8.01. The summed E-state index contributed by atoms with van der Waals surface area (Å²) in [5.74, 6) is 0.600. The lowest BCUT2D eigenvalue weighted by Gasteiger charge is -2.32. The number of ether oxygens (including phenoxy) is 1. The summed E-state index contributed by atoms with van der Waals surface area (Å²) in [5, 5.41) is 7.73. The highest BCUT2D eigenvalue weighted by Gasteiger charge is 2.25. The third-order valence-electron chi connectivity index (χ3n) is 3.67. The molecule has 1 aliphatic heterocycles. The first-order chi connectivity index (χ1) is 10.7. The summed E-state index contributed by atoms with van der Waals surface area (Å²) >= 11 is 3.43. The fraction of sp³-hybridized carbons (Fsp3) is 0.312. The van der Waals surface area contributed by atoms with Gasteiger partial charge in [0.25, 0.3) is 5.91 Å². The molecule has 0 saturated carbocycles. The van der Waals surface area contributed by atoms with Gasteiger partial charge in [-0.15, -0.1) is 5.10 Å². The van der Waals surface area contributed by atoms with Crippen molar-refractivity contribution in [2.45, 2.75) is 18.9 Å². The predicted molar refractivity (Wildman–Crippen MR) is 85.7 cm³/mol. The van der Waals surface area contributed by atoms with E-state index in [2.05, 4.69) is 26.1 Å². The average Bonchev–Trinajstić information content (AvgIpc) is 2.56. The van der Waals surface area contributed by atoms with Crippen LogP contribution < -0.4 is 4.74 Å². The summed E-state index contributed by atoms with van der Waals surface area (Å²) in [4.78, 5) is 14.4. The number of benzene rings is 1. The summed E-state index contributed by atoms with van der Waals surface area (Å²) in [6.07, 6.45) is 3.30. The van der Waals surface area contributed by atoms with Gasteiger partial charge in [0.2, 0.25) is 5.88 Å². The van der Waals surface area contributed by atoms with Gasteiger partial charge in [0.1, 0.15) is 6.10 Å². The third-order valence-corrected chi connectivity index (χ3v) is 4.36. The number of halogens is 1. The molecule has 5 nitrogen and oxygen atoms in total.